The summed E-state index contributed by atoms with van der Waals surface area (Å²) in [5, 5.41) is 9.43. The van der Waals surface area contributed by atoms with E-state index in [2.05, 4.69) is 10.2 Å². The Kier molecular flexibility index (Phi) is 5.96. The summed E-state index contributed by atoms with van der Waals surface area (Å²) in [5.41, 5.74) is 1.67. The van der Waals surface area contributed by atoms with Crippen molar-refractivity contribution in [3.63, 3.8) is 0 Å². The van der Waals surface area contributed by atoms with Crippen LogP contribution in [0.15, 0.2) is 59.8 Å². The second kappa shape index (κ2) is 8.38. The van der Waals surface area contributed by atoms with E-state index in [1.54, 1.807) is 13.8 Å². The molecule has 0 saturated heterocycles. The fraction of sp³-hybridized carbons (Fsp3) is 0.211. The predicted molar refractivity (Wildman–Crippen MR) is 104 cm³/mol. The van der Waals surface area contributed by atoms with Crippen molar-refractivity contribution in [3.05, 3.63) is 59.6 Å². The van der Waals surface area contributed by atoms with Crippen molar-refractivity contribution in [1.29, 1.82) is 0 Å². The van der Waals surface area contributed by atoms with Crippen LogP contribution >= 0.6 is 23.4 Å². The Morgan fingerprint density at radius 3 is 2.54 bits per heavy atom. The van der Waals surface area contributed by atoms with Gasteiger partial charge < -0.3 is 4.74 Å². The maximum Gasteiger partial charge on any atom is 0.319 e. The number of carbonyl (C=O) groups is 1. The van der Waals surface area contributed by atoms with Crippen molar-refractivity contribution in [3.8, 4) is 17.1 Å². The van der Waals surface area contributed by atoms with Gasteiger partial charge in [-0.3, -0.25) is 9.36 Å². The number of benzene rings is 2. The Morgan fingerprint density at radius 1 is 1.15 bits per heavy atom. The van der Waals surface area contributed by atoms with E-state index in [0.29, 0.717) is 22.6 Å². The van der Waals surface area contributed by atoms with E-state index in [4.69, 9.17) is 16.3 Å². The SMILES string of the molecule is CCOC(=O)[C@@H](C)Sc1nnc(-c2ccccc2Cl)n1-c1ccccc1. The molecule has 0 fully saturated rings. The van der Waals surface area contributed by atoms with E-state index in [0.717, 1.165) is 11.3 Å². The summed E-state index contributed by atoms with van der Waals surface area (Å²) >= 11 is 7.67. The van der Waals surface area contributed by atoms with E-state index >= 15 is 0 Å². The number of hydrogen-bond acceptors (Lipinski definition) is 5. The molecule has 2 aromatic carbocycles. The Morgan fingerprint density at radius 2 is 1.85 bits per heavy atom. The van der Waals surface area contributed by atoms with Crippen LogP contribution in [-0.2, 0) is 9.53 Å². The Hall–Kier alpha value is -2.31. The average molecular weight is 388 g/mol. The quantitative estimate of drug-likeness (QED) is 0.456. The van der Waals surface area contributed by atoms with Gasteiger partial charge in [-0.05, 0) is 38.1 Å². The fourth-order valence-corrected chi connectivity index (χ4v) is 3.52. The topological polar surface area (TPSA) is 57.0 Å². The molecule has 3 aromatic rings. The van der Waals surface area contributed by atoms with Crippen molar-refractivity contribution < 1.29 is 9.53 Å². The summed E-state index contributed by atoms with van der Waals surface area (Å²) in [6, 6.07) is 17.2. The van der Waals surface area contributed by atoms with E-state index in [-0.39, 0.29) is 5.97 Å². The minimum absolute atomic E-state index is 0.278. The molecule has 1 atom stereocenters. The standard InChI is InChI=1S/C19H18ClN3O2S/c1-3-25-18(24)13(2)26-19-22-21-17(15-11-7-8-12-16(15)20)23(19)14-9-5-4-6-10-14/h4-13H,3H2,1-2H3/t13-/m1/s1. The molecule has 1 heterocycles. The first-order chi connectivity index (χ1) is 12.6. The Bertz CT molecular complexity index is 899. The van der Waals surface area contributed by atoms with Gasteiger partial charge in [-0.15, -0.1) is 10.2 Å². The van der Waals surface area contributed by atoms with Crippen LogP contribution in [0, 0.1) is 0 Å². The van der Waals surface area contributed by atoms with Crippen LogP contribution in [0.5, 0.6) is 0 Å². The van der Waals surface area contributed by atoms with Gasteiger partial charge in [0.1, 0.15) is 5.25 Å². The van der Waals surface area contributed by atoms with Crippen LogP contribution in [0.1, 0.15) is 13.8 Å². The fourth-order valence-electron chi connectivity index (χ4n) is 2.44. The first kappa shape index (κ1) is 18.5. The molecule has 0 bridgehead atoms. The number of hydrogen-bond donors (Lipinski definition) is 0. The molecule has 0 radical (unpaired) electrons. The molecule has 0 aliphatic carbocycles. The van der Waals surface area contributed by atoms with Gasteiger partial charge in [0.15, 0.2) is 11.0 Å². The molecule has 0 saturated carbocycles. The number of esters is 1. The summed E-state index contributed by atoms with van der Waals surface area (Å²) in [4.78, 5) is 12.0. The highest BCUT2D eigenvalue weighted by atomic mass is 35.5. The third kappa shape index (κ3) is 3.92. The summed E-state index contributed by atoms with van der Waals surface area (Å²) < 4.78 is 7.00. The van der Waals surface area contributed by atoms with Crippen molar-refractivity contribution in [2.75, 3.05) is 6.61 Å². The van der Waals surface area contributed by atoms with Gasteiger partial charge in [0.05, 0.1) is 11.6 Å². The highest BCUT2D eigenvalue weighted by molar-refractivity contribution is 8.00. The van der Waals surface area contributed by atoms with Crippen LogP contribution in [0.2, 0.25) is 5.02 Å². The zero-order valence-corrected chi connectivity index (χ0v) is 16.0. The first-order valence-corrected chi connectivity index (χ1v) is 9.46. The predicted octanol–water partition coefficient (Wildman–Crippen LogP) is 4.63. The summed E-state index contributed by atoms with van der Waals surface area (Å²) in [6.07, 6.45) is 0. The second-order valence-corrected chi connectivity index (χ2v) is 7.18. The van der Waals surface area contributed by atoms with Gasteiger partial charge in [0.25, 0.3) is 0 Å². The molecule has 0 unspecified atom stereocenters. The van der Waals surface area contributed by atoms with Gasteiger partial charge in [0, 0.05) is 11.3 Å². The van der Waals surface area contributed by atoms with Gasteiger partial charge >= 0.3 is 5.97 Å². The van der Waals surface area contributed by atoms with Gasteiger partial charge in [-0.2, -0.15) is 0 Å². The number of aromatic nitrogens is 3. The number of ether oxygens (including phenoxy) is 1. The lowest BCUT2D eigenvalue weighted by Crippen LogP contribution is -2.17. The number of thioether (sulfide) groups is 1. The molecule has 0 N–H and O–H groups in total. The number of rotatable bonds is 6. The minimum Gasteiger partial charge on any atom is -0.465 e. The van der Waals surface area contributed by atoms with Crippen LogP contribution in [-0.4, -0.2) is 32.6 Å². The molecule has 0 spiro atoms. The molecule has 0 aliphatic heterocycles. The number of para-hydroxylation sites is 1. The highest BCUT2D eigenvalue weighted by Crippen LogP contribution is 2.33. The molecule has 26 heavy (non-hydrogen) atoms. The van der Waals surface area contributed by atoms with Crippen LogP contribution in [0.3, 0.4) is 0 Å². The molecule has 3 rings (SSSR count). The highest BCUT2D eigenvalue weighted by Gasteiger charge is 2.23. The molecular weight excluding hydrogens is 370 g/mol. The van der Waals surface area contributed by atoms with Crippen molar-refractivity contribution in [2.45, 2.75) is 24.3 Å². The van der Waals surface area contributed by atoms with E-state index in [9.17, 15) is 4.79 Å². The number of nitrogens with zero attached hydrogens (tertiary/aromatic N) is 3. The van der Waals surface area contributed by atoms with Crippen molar-refractivity contribution in [2.24, 2.45) is 0 Å². The zero-order valence-electron chi connectivity index (χ0n) is 14.4. The van der Waals surface area contributed by atoms with Gasteiger partial charge in [-0.1, -0.05) is 53.7 Å². The Labute approximate surface area is 161 Å². The largest absolute Gasteiger partial charge is 0.465 e. The van der Waals surface area contributed by atoms with Crippen LogP contribution < -0.4 is 0 Å². The third-order valence-corrected chi connectivity index (χ3v) is 5.01. The smallest absolute Gasteiger partial charge is 0.319 e. The zero-order chi connectivity index (χ0) is 18.5. The van der Waals surface area contributed by atoms with E-state index < -0.39 is 5.25 Å². The number of carbonyl (C=O) groups excluding carboxylic acids is 1. The monoisotopic (exact) mass is 387 g/mol. The van der Waals surface area contributed by atoms with Gasteiger partial charge in [-0.25, -0.2) is 0 Å². The molecule has 134 valence electrons. The molecule has 5 nitrogen and oxygen atoms in total. The van der Waals surface area contributed by atoms with Crippen molar-refractivity contribution in [1.82, 2.24) is 14.8 Å². The molecule has 7 heteroatoms. The second-order valence-electron chi connectivity index (χ2n) is 5.47. The first-order valence-electron chi connectivity index (χ1n) is 8.20. The minimum atomic E-state index is -0.402. The van der Waals surface area contributed by atoms with Crippen LogP contribution in [0.4, 0.5) is 0 Å². The lowest BCUT2D eigenvalue weighted by atomic mass is 10.2. The van der Waals surface area contributed by atoms with Crippen molar-refractivity contribution >= 4 is 29.3 Å². The van der Waals surface area contributed by atoms with Crippen LogP contribution in [0.25, 0.3) is 17.1 Å². The average Bonchev–Trinajstić information content (AvgIpc) is 3.06. The lowest BCUT2D eigenvalue weighted by Gasteiger charge is -2.13. The van der Waals surface area contributed by atoms with E-state index in [1.165, 1.54) is 11.8 Å². The molecule has 0 amide bonds. The Balaban J connectivity index is 2.06. The number of halogens is 1. The molecule has 0 aliphatic rings. The van der Waals surface area contributed by atoms with Gasteiger partial charge in [0.2, 0.25) is 0 Å². The normalized spacial score (nSPS) is 12.0. The molecular formula is C19H18ClN3O2S. The summed E-state index contributed by atoms with van der Waals surface area (Å²) in [7, 11) is 0. The maximum atomic E-state index is 12.0. The summed E-state index contributed by atoms with van der Waals surface area (Å²) in [6.45, 7) is 3.93. The van der Waals surface area contributed by atoms with E-state index in [1.807, 2.05) is 59.2 Å². The summed E-state index contributed by atoms with van der Waals surface area (Å²) in [5.74, 6) is 0.347. The molecule has 1 aromatic heterocycles. The third-order valence-electron chi connectivity index (χ3n) is 3.66. The maximum absolute atomic E-state index is 12.0. The lowest BCUT2D eigenvalue weighted by molar-refractivity contribution is -0.142.